The molecule has 1 aliphatic heterocycles. The van der Waals surface area contributed by atoms with Crippen molar-refractivity contribution in [3.8, 4) is 11.4 Å². The number of nitrogens with one attached hydrogen (secondary N) is 1. The molecule has 0 saturated carbocycles. The van der Waals surface area contributed by atoms with Gasteiger partial charge in [0.2, 0.25) is 5.91 Å². The summed E-state index contributed by atoms with van der Waals surface area (Å²) < 4.78 is 10.5. The third-order valence-corrected chi connectivity index (χ3v) is 7.41. The van der Waals surface area contributed by atoms with Crippen LogP contribution in [0.2, 0.25) is 0 Å². The van der Waals surface area contributed by atoms with Crippen molar-refractivity contribution < 1.29 is 33.8 Å². The highest BCUT2D eigenvalue weighted by Gasteiger charge is 2.32. The number of carbonyl (C=O) groups is 4. The molecule has 4 rings (SSSR count). The first-order valence-electron chi connectivity index (χ1n) is 15.8. The Morgan fingerprint density at radius 2 is 1.53 bits per heavy atom. The number of benzene rings is 2. The van der Waals surface area contributed by atoms with E-state index in [1.165, 1.54) is 11.0 Å². The molecule has 47 heavy (non-hydrogen) atoms. The van der Waals surface area contributed by atoms with Gasteiger partial charge in [-0.25, -0.2) is 14.8 Å². The lowest BCUT2D eigenvalue weighted by molar-refractivity contribution is -0.155. The summed E-state index contributed by atoms with van der Waals surface area (Å²) in [7, 11) is 0. The quantitative estimate of drug-likeness (QED) is 0.296. The molecule has 0 spiro atoms. The lowest BCUT2D eigenvalue weighted by atomic mass is 10.0. The number of nitrogens with zero attached hydrogens (tertiary/aromatic N) is 4. The zero-order chi connectivity index (χ0) is 34.0. The summed E-state index contributed by atoms with van der Waals surface area (Å²) in [5, 5.41) is 13.7. The number of aromatic nitrogens is 2. The molecule has 12 nitrogen and oxygen atoms in total. The van der Waals surface area contributed by atoms with Gasteiger partial charge in [0.15, 0.2) is 5.82 Å². The summed E-state index contributed by atoms with van der Waals surface area (Å²) >= 11 is 0. The number of aliphatic hydroxyl groups is 1. The van der Waals surface area contributed by atoms with E-state index in [1.54, 1.807) is 32.6 Å². The van der Waals surface area contributed by atoms with E-state index >= 15 is 0 Å². The second kappa shape index (κ2) is 16.1. The zero-order valence-corrected chi connectivity index (χ0v) is 27.3. The van der Waals surface area contributed by atoms with Gasteiger partial charge in [-0.15, -0.1) is 0 Å². The van der Waals surface area contributed by atoms with Crippen LogP contribution in [-0.2, 0) is 25.5 Å². The van der Waals surface area contributed by atoms with E-state index in [0.717, 1.165) is 0 Å². The molecule has 1 saturated heterocycles. The molecule has 3 aromatic rings. The molecule has 1 aliphatic rings. The maximum atomic E-state index is 13.8. The van der Waals surface area contributed by atoms with Crippen LogP contribution in [0.15, 0.2) is 66.7 Å². The zero-order valence-electron chi connectivity index (χ0n) is 27.3. The average molecular weight is 646 g/mol. The molecule has 2 heterocycles. The van der Waals surface area contributed by atoms with Crippen LogP contribution in [0.5, 0.6) is 0 Å². The van der Waals surface area contributed by atoms with Crippen LogP contribution in [0.25, 0.3) is 11.4 Å². The minimum atomic E-state index is -1.07. The summed E-state index contributed by atoms with van der Waals surface area (Å²) in [6, 6.07) is 18.7. The average Bonchev–Trinajstić information content (AvgIpc) is 3.06. The van der Waals surface area contributed by atoms with E-state index < -0.39 is 35.7 Å². The maximum Gasteiger partial charge on any atom is 0.409 e. The van der Waals surface area contributed by atoms with Crippen molar-refractivity contribution in [1.82, 2.24) is 25.1 Å². The summed E-state index contributed by atoms with van der Waals surface area (Å²) in [5.41, 5.74) is 1.12. The van der Waals surface area contributed by atoms with E-state index in [-0.39, 0.29) is 63.6 Å². The van der Waals surface area contributed by atoms with Gasteiger partial charge in [-0.05, 0) is 45.7 Å². The molecule has 1 unspecified atom stereocenters. The van der Waals surface area contributed by atoms with Gasteiger partial charge in [-0.3, -0.25) is 14.4 Å². The second-order valence-electron chi connectivity index (χ2n) is 12.2. The molecule has 0 bridgehead atoms. The number of hydrogen-bond acceptors (Lipinski definition) is 9. The topological polar surface area (TPSA) is 151 Å². The van der Waals surface area contributed by atoms with Gasteiger partial charge in [-0.1, -0.05) is 60.7 Å². The lowest BCUT2D eigenvalue weighted by Crippen LogP contribution is -2.56. The van der Waals surface area contributed by atoms with Crippen molar-refractivity contribution in [1.29, 1.82) is 0 Å². The maximum absolute atomic E-state index is 13.8. The summed E-state index contributed by atoms with van der Waals surface area (Å²) in [4.78, 5) is 64.6. The Morgan fingerprint density at radius 1 is 0.915 bits per heavy atom. The van der Waals surface area contributed by atoms with Crippen molar-refractivity contribution in [3.05, 3.63) is 83.7 Å². The molecule has 2 N–H and O–H groups in total. The van der Waals surface area contributed by atoms with E-state index in [9.17, 15) is 24.3 Å². The molecule has 250 valence electrons. The molecule has 0 aliphatic carbocycles. The number of rotatable bonds is 11. The molecule has 1 fully saturated rings. The summed E-state index contributed by atoms with van der Waals surface area (Å²) in [5.74, 6) is -1.22. The first-order valence-corrected chi connectivity index (χ1v) is 15.8. The molecule has 0 radical (unpaired) electrons. The largest absolute Gasteiger partial charge is 0.460 e. The standard InChI is InChI=1S/C35H43N5O7/c1-5-46-34(45)40-20-18-39(19-21-40)33(44)27(16-17-30(42)47-35(2,3)4)38-32(43)28-22-26(23-29(41)24-12-8-6-9-13-24)36-31(37-28)25-14-10-7-11-15-25/h6-15,22,27,29,41H,5,16-21,23H2,1-4H3,(H,38,43)/t27?,29-/m0/s1. The Labute approximate surface area is 275 Å². The Hall–Kier alpha value is -4.84. The highest BCUT2D eigenvalue weighted by atomic mass is 16.6. The molecular formula is C35H43N5O7. The number of carbonyl (C=O) groups excluding carboxylic acids is 4. The summed E-state index contributed by atoms with van der Waals surface area (Å²) in [6.45, 7) is 8.27. The molecular weight excluding hydrogens is 602 g/mol. The predicted octanol–water partition coefficient (Wildman–Crippen LogP) is 3.94. The Morgan fingerprint density at radius 3 is 2.15 bits per heavy atom. The van der Waals surface area contributed by atoms with E-state index in [1.807, 2.05) is 60.7 Å². The first-order chi connectivity index (χ1) is 22.4. The Bertz CT molecular complexity index is 1520. The minimum absolute atomic E-state index is 0.00617. The van der Waals surface area contributed by atoms with Gasteiger partial charge in [0.1, 0.15) is 17.3 Å². The van der Waals surface area contributed by atoms with Crippen LogP contribution >= 0.6 is 0 Å². The number of aliphatic hydroxyl groups excluding tert-OH is 1. The fourth-order valence-electron chi connectivity index (χ4n) is 5.11. The van der Waals surface area contributed by atoms with Crippen molar-refractivity contribution in [2.45, 2.75) is 64.7 Å². The van der Waals surface area contributed by atoms with Gasteiger partial charge in [-0.2, -0.15) is 0 Å². The lowest BCUT2D eigenvalue weighted by Gasteiger charge is -2.36. The van der Waals surface area contributed by atoms with Crippen LogP contribution in [0.4, 0.5) is 4.79 Å². The second-order valence-corrected chi connectivity index (χ2v) is 12.2. The van der Waals surface area contributed by atoms with Crippen molar-refractivity contribution >= 4 is 23.9 Å². The van der Waals surface area contributed by atoms with Crippen LogP contribution in [0.3, 0.4) is 0 Å². The third-order valence-electron chi connectivity index (χ3n) is 7.41. The number of hydrogen-bond donors (Lipinski definition) is 2. The molecule has 2 atom stereocenters. The van der Waals surface area contributed by atoms with E-state index in [4.69, 9.17) is 9.47 Å². The van der Waals surface area contributed by atoms with Crippen LogP contribution in [0, 0.1) is 0 Å². The molecule has 3 amide bonds. The fourth-order valence-corrected chi connectivity index (χ4v) is 5.11. The van der Waals surface area contributed by atoms with Gasteiger partial charge < -0.3 is 29.7 Å². The van der Waals surface area contributed by atoms with Gasteiger partial charge in [0, 0.05) is 50.3 Å². The van der Waals surface area contributed by atoms with Gasteiger partial charge >= 0.3 is 12.1 Å². The number of ether oxygens (including phenoxy) is 2. The third kappa shape index (κ3) is 10.3. The number of piperazine rings is 1. The van der Waals surface area contributed by atoms with Crippen molar-refractivity contribution in [3.63, 3.8) is 0 Å². The number of amides is 3. The van der Waals surface area contributed by atoms with Crippen molar-refractivity contribution in [2.24, 2.45) is 0 Å². The molecule has 12 heteroatoms. The van der Waals surface area contributed by atoms with Gasteiger partial charge in [0.25, 0.3) is 5.91 Å². The minimum Gasteiger partial charge on any atom is -0.460 e. The normalized spacial score (nSPS) is 14.6. The van der Waals surface area contributed by atoms with Crippen molar-refractivity contribution in [2.75, 3.05) is 32.8 Å². The highest BCUT2D eigenvalue weighted by molar-refractivity contribution is 5.96. The SMILES string of the molecule is CCOC(=O)N1CCN(C(=O)C(CCC(=O)OC(C)(C)C)NC(=O)c2cc(C[C@H](O)c3ccccc3)nc(-c3ccccc3)n2)CC1. The first kappa shape index (κ1) is 35.0. The predicted molar refractivity (Wildman–Crippen MR) is 174 cm³/mol. The number of esters is 1. The molecule has 2 aromatic carbocycles. The van der Waals surface area contributed by atoms with Crippen LogP contribution < -0.4 is 5.32 Å². The van der Waals surface area contributed by atoms with Crippen LogP contribution in [0.1, 0.15) is 68.4 Å². The highest BCUT2D eigenvalue weighted by Crippen LogP contribution is 2.21. The molecule has 1 aromatic heterocycles. The summed E-state index contributed by atoms with van der Waals surface area (Å²) in [6.07, 6.45) is -1.31. The van der Waals surface area contributed by atoms with E-state index in [0.29, 0.717) is 22.6 Å². The van der Waals surface area contributed by atoms with E-state index in [2.05, 4.69) is 15.3 Å². The Kier molecular flexibility index (Phi) is 12.0. The van der Waals surface area contributed by atoms with Crippen LogP contribution in [-0.4, -0.2) is 93.2 Å². The smallest absolute Gasteiger partial charge is 0.409 e. The monoisotopic (exact) mass is 645 g/mol. The fraction of sp³-hybridized carbons (Fsp3) is 0.429. The Balaban J connectivity index is 1.57. The van der Waals surface area contributed by atoms with Gasteiger partial charge in [0.05, 0.1) is 12.7 Å².